The predicted molar refractivity (Wildman–Crippen MR) is 99.7 cm³/mol. The maximum absolute atomic E-state index is 12.4. The van der Waals surface area contributed by atoms with Crippen LogP contribution in [0.5, 0.6) is 0 Å². The SMILES string of the molecule is Cc1c(C(=O)NNC(=O)c2ccccc2Cl)cnn1-c1ccc(Cl)cc1. The number of nitrogens with one attached hydrogen (secondary N) is 2. The topological polar surface area (TPSA) is 76.0 Å². The molecule has 0 radical (unpaired) electrons. The number of hydrogen-bond donors (Lipinski definition) is 2. The molecule has 0 aliphatic rings. The fourth-order valence-corrected chi connectivity index (χ4v) is 2.72. The number of nitrogens with zero attached hydrogens (tertiary/aromatic N) is 2. The Hall–Kier alpha value is -2.83. The molecule has 132 valence electrons. The highest BCUT2D eigenvalue weighted by Crippen LogP contribution is 2.17. The molecular weight excluding hydrogens is 375 g/mol. The molecule has 0 spiro atoms. The van der Waals surface area contributed by atoms with Crippen molar-refractivity contribution in [3.8, 4) is 5.69 Å². The first-order valence-electron chi connectivity index (χ1n) is 7.63. The molecule has 3 aromatic rings. The van der Waals surface area contributed by atoms with Crippen LogP contribution in [-0.2, 0) is 0 Å². The van der Waals surface area contributed by atoms with Gasteiger partial charge in [-0.1, -0.05) is 35.3 Å². The van der Waals surface area contributed by atoms with E-state index in [1.54, 1.807) is 60.1 Å². The van der Waals surface area contributed by atoms with E-state index in [1.165, 1.54) is 6.20 Å². The van der Waals surface area contributed by atoms with E-state index in [-0.39, 0.29) is 5.56 Å². The van der Waals surface area contributed by atoms with Gasteiger partial charge in [-0.2, -0.15) is 5.10 Å². The van der Waals surface area contributed by atoms with E-state index in [0.717, 1.165) is 5.69 Å². The molecule has 0 unspecified atom stereocenters. The van der Waals surface area contributed by atoms with Crippen molar-refractivity contribution in [2.75, 3.05) is 0 Å². The number of hydrazine groups is 1. The summed E-state index contributed by atoms with van der Waals surface area (Å²) in [5, 5.41) is 5.12. The van der Waals surface area contributed by atoms with E-state index in [1.807, 2.05) is 0 Å². The van der Waals surface area contributed by atoms with Crippen LogP contribution in [0.25, 0.3) is 5.69 Å². The number of amides is 2. The summed E-state index contributed by atoms with van der Waals surface area (Å²) < 4.78 is 1.61. The number of carbonyl (C=O) groups is 2. The number of hydrogen-bond acceptors (Lipinski definition) is 3. The van der Waals surface area contributed by atoms with Crippen LogP contribution in [-0.4, -0.2) is 21.6 Å². The Morgan fingerprint density at radius 3 is 2.19 bits per heavy atom. The lowest BCUT2D eigenvalue weighted by molar-refractivity contribution is 0.0846. The molecule has 0 aliphatic carbocycles. The fraction of sp³-hybridized carbons (Fsp3) is 0.0556. The van der Waals surface area contributed by atoms with Gasteiger partial charge in [-0.3, -0.25) is 20.4 Å². The minimum atomic E-state index is -0.508. The second kappa shape index (κ2) is 7.59. The summed E-state index contributed by atoms with van der Waals surface area (Å²) in [5.74, 6) is -0.991. The third-order valence-electron chi connectivity index (χ3n) is 3.73. The van der Waals surface area contributed by atoms with E-state index < -0.39 is 11.8 Å². The summed E-state index contributed by atoms with van der Waals surface area (Å²) in [4.78, 5) is 24.5. The molecule has 0 fully saturated rings. The Balaban J connectivity index is 1.72. The second-order valence-corrected chi connectivity index (χ2v) is 6.26. The molecule has 0 aliphatic heterocycles. The van der Waals surface area contributed by atoms with Gasteiger partial charge in [-0.15, -0.1) is 0 Å². The number of benzene rings is 2. The molecule has 3 rings (SSSR count). The Kier molecular flexibility index (Phi) is 5.25. The average molecular weight is 389 g/mol. The van der Waals surface area contributed by atoms with Crippen LogP contribution in [0.4, 0.5) is 0 Å². The molecule has 2 N–H and O–H groups in total. The standard InChI is InChI=1S/C18H14Cl2N4O2/c1-11-15(10-21-24(11)13-8-6-12(19)7-9-13)18(26)23-22-17(25)14-4-2-3-5-16(14)20/h2-10H,1H3,(H,22,25)(H,23,26). The Bertz CT molecular complexity index is 968. The van der Waals surface area contributed by atoms with Gasteiger partial charge in [-0.25, -0.2) is 4.68 Å². The van der Waals surface area contributed by atoms with Crippen LogP contribution < -0.4 is 10.9 Å². The van der Waals surface area contributed by atoms with Crippen molar-refractivity contribution >= 4 is 35.0 Å². The van der Waals surface area contributed by atoms with Crippen molar-refractivity contribution in [1.29, 1.82) is 0 Å². The third kappa shape index (κ3) is 3.71. The van der Waals surface area contributed by atoms with E-state index >= 15 is 0 Å². The normalized spacial score (nSPS) is 10.4. The van der Waals surface area contributed by atoms with E-state index in [9.17, 15) is 9.59 Å². The monoisotopic (exact) mass is 388 g/mol. The van der Waals surface area contributed by atoms with Crippen molar-refractivity contribution in [3.63, 3.8) is 0 Å². The Labute approximate surface area is 159 Å². The summed E-state index contributed by atoms with van der Waals surface area (Å²) in [6, 6.07) is 13.6. The van der Waals surface area contributed by atoms with Gasteiger partial charge in [0.15, 0.2) is 0 Å². The van der Waals surface area contributed by atoms with E-state index in [4.69, 9.17) is 23.2 Å². The smallest absolute Gasteiger partial charge is 0.267 e. The number of carbonyl (C=O) groups excluding carboxylic acids is 2. The molecule has 0 saturated carbocycles. The molecule has 0 atom stereocenters. The predicted octanol–water partition coefficient (Wildman–Crippen LogP) is 3.56. The first kappa shape index (κ1) is 18.0. The van der Waals surface area contributed by atoms with Crippen molar-refractivity contribution in [3.05, 3.63) is 81.6 Å². The maximum Gasteiger partial charge on any atom is 0.273 e. The van der Waals surface area contributed by atoms with Gasteiger partial charge in [-0.05, 0) is 43.3 Å². The molecule has 26 heavy (non-hydrogen) atoms. The summed E-state index contributed by atoms with van der Waals surface area (Å²) in [6.45, 7) is 1.76. The van der Waals surface area contributed by atoms with Crippen LogP contribution in [0.3, 0.4) is 0 Å². The summed E-state index contributed by atoms with van der Waals surface area (Å²) in [5.41, 5.74) is 6.70. The molecular formula is C18H14Cl2N4O2. The highest BCUT2D eigenvalue weighted by atomic mass is 35.5. The van der Waals surface area contributed by atoms with E-state index in [2.05, 4.69) is 16.0 Å². The van der Waals surface area contributed by atoms with Crippen LogP contribution >= 0.6 is 23.2 Å². The number of aromatic nitrogens is 2. The summed E-state index contributed by atoms with van der Waals surface area (Å²) in [6.07, 6.45) is 1.43. The van der Waals surface area contributed by atoms with Crippen molar-refractivity contribution in [2.45, 2.75) is 6.92 Å². The highest BCUT2D eigenvalue weighted by molar-refractivity contribution is 6.33. The van der Waals surface area contributed by atoms with E-state index in [0.29, 0.717) is 21.3 Å². The molecule has 1 aromatic heterocycles. The summed E-state index contributed by atoms with van der Waals surface area (Å²) >= 11 is 11.8. The minimum Gasteiger partial charge on any atom is -0.267 e. The molecule has 2 amide bonds. The highest BCUT2D eigenvalue weighted by Gasteiger charge is 2.17. The van der Waals surface area contributed by atoms with Crippen molar-refractivity contribution < 1.29 is 9.59 Å². The first-order chi connectivity index (χ1) is 12.5. The molecule has 6 nitrogen and oxygen atoms in total. The van der Waals surface area contributed by atoms with Crippen LogP contribution in [0.15, 0.2) is 54.7 Å². The van der Waals surface area contributed by atoms with Gasteiger partial charge in [0.2, 0.25) is 0 Å². The first-order valence-corrected chi connectivity index (χ1v) is 8.38. The van der Waals surface area contributed by atoms with Crippen molar-refractivity contribution in [2.24, 2.45) is 0 Å². The lowest BCUT2D eigenvalue weighted by Crippen LogP contribution is -2.41. The molecule has 2 aromatic carbocycles. The average Bonchev–Trinajstić information content (AvgIpc) is 3.02. The van der Waals surface area contributed by atoms with Crippen LogP contribution in [0.1, 0.15) is 26.4 Å². The zero-order chi connectivity index (χ0) is 18.7. The van der Waals surface area contributed by atoms with Crippen molar-refractivity contribution in [1.82, 2.24) is 20.6 Å². The summed E-state index contributed by atoms with van der Waals surface area (Å²) in [7, 11) is 0. The quantitative estimate of drug-likeness (QED) is 0.673. The fourth-order valence-electron chi connectivity index (χ4n) is 2.37. The molecule has 0 bridgehead atoms. The van der Waals surface area contributed by atoms with Crippen LogP contribution in [0, 0.1) is 6.92 Å². The van der Waals surface area contributed by atoms with Gasteiger partial charge >= 0.3 is 0 Å². The maximum atomic E-state index is 12.4. The largest absolute Gasteiger partial charge is 0.273 e. The number of halogens is 2. The van der Waals surface area contributed by atoms with Crippen LogP contribution in [0.2, 0.25) is 10.0 Å². The van der Waals surface area contributed by atoms with Gasteiger partial charge in [0.05, 0.1) is 33.7 Å². The zero-order valence-electron chi connectivity index (χ0n) is 13.7. The molecule has 1 heterocycles. The molecule has 0 saturated heterocycles. The second-order valence-electron chi connectivity index (χ2n) is 5.42. The molecule has 8 heteroatoms. The Morgan fingerprint density at radius 1 is 0.923 bits per heavy atom. The van der Waals surface area contributed by atoms with Gasteiger partial charge in [0.1, 0.15) is 0 Å². The van der Waals surface area contributed by atoms with Gasteiger partial charge < -0.3 is 0 Å². The van der Waals surface area contributed by atoms with Gasteiger partial charge in [0.25, 0.3) is 11.8 Å². The third-order valence-corrected chi connectivity index (χ3v) is 4.32. The number of rotatable bonds is 3. The lowest BCUT2D eigenvalue weighted by Gasteiger charge is -2.09. The van der Waals surface area contributed by atoms with Gasteiger partial charge in [0, 0.05) is 5.02 Å². The Morgan fingerprint density at radius 2 is 1.54 bits per heavy atom. The minimum absolute atomic E-state index is 0.267. The lowest BCUT2D eigenvalue weighted by atomic mass is 10.2. The zero-order valence-corrected chi connectivity index (χ0v) is 15.2.